The number of carboxylic acids is 1. The van der Waals surface area contributed by atoms with Crippen molar-refractivity contribution in [2.45, 2.75) is 26.7 Å². The fraction of sp³-hybridized carbons (Fsp3) is 0.211. The van der Waals surface area contributed by atoms with E-state index in [2.05, 4.69) is 26.0 Å². The molecule has 0 aliphatic heterocycles. The topological polar surface area (TPSA) is 37.3 Å². The van der Waals surface area contributed by atoms with E-state index in [0.717, 1.165) is 22.3 Å². The third-order valence-corrected chi connectivity index (χ3v) is 3.52. The zero-order valence-electron chi connectivity index (χ0n) is 12.6. The van der Waals surface area contributed by atoms with Crippen LogP contribution < -0.4 is 0 Å². The first-order chi connectivity index (χ1) is 9.97. The zero-order valence-corrected chi connectivity index (χ0v) is 12.6. The molecule has 108 valence electrons. The van der Waals surface area contributed by atoms with E-state index in [1.807, 2.05) is 43.3 Å². The molecule has 0 bridgehead atoms. The van der Waals surface area contributed by atoms with E-state index in [9.17, 15) is 4.79 Å². The Kier molecular flexibility index (Phi) is 4.59. The average Bonchev–Trinajstić information content (AvgIpc) is 2.46. The molecule has 2 nitrogen and oxygen atoms in total. The Labute approximate surface area is 125 Å². The van der Waals surface area contributed by atoms with Crippen molar-refractivity contribution in [2.75, 3.05) is 0 Å². The molecule has 2 rings (SSSR count). The molecule has 2 aromatic carbocycles. The van der Waals surface area contributed by atoms with Gasteiger partial charge >= 0.3 is 5.97 Å². The molecule has 0 radical (unpaired) electrons. The van der Waals surface area contributed by atoms with Crippen molar-refractivity contribution in [3.8, 4) is 0 Å². The molecular formula is C19H20O2. The number of carboxylic acid groups (broad SMARTS) is 1. The van der Waals surface area contributed by atoms with Gasteiger partial charge in [-0.3, -0.25) is 0 Å². The third-order valence-electron chi connectivity index (χ3n) is 3.52. The van der Waals surface area contributed by atoms with Crippen LogP contribution in [0.25, 0.3) is 5.57 Å². The van der Waals surface area contributed by atoms with Crippen molar-refractivity contribution in [1.82, 2.24) is 0 Å². The normalized spacial score (nSPS) is 11.7. The molecule has 0 unspecified atom stereocenters. The maximum atomic E-state index is 11.1. The van der Waals surface area contributed by atoms with Gasteiger partial charge in [0.1, 0.15) is 0 Å². The second kappa shape index (κ2) is 6.40. The number of benzene rings is 2. The number of rotatable bonds is 4. The summed E-state index contributed by atoms with van der Waals surface area (Å²) in [6, 6.07) is 16.0. The summed E-state index contributed by atoms with van der Waals surface area (Å²) in [6.07, 6.45) is 1.27. The summed E-state index contributed by atoms with van der Waals surface area (Å²) in [5.74, 6) is -0.469. The van der Waals surface area contributed by atoms with Crippen LogP contribution >= 0.6 is 0 Å². The Hall–Kier alpha value is -2.35. The van der Waals surface area contributed by atoms with Gasteiger partial charge in [-0.1, -0.05) is 67.9 Å². The molecule has 2 aromatic rings. The van der Waals surface area contributed by atoms with Gasteiger partial charge in [0.25, 0.3) is 0 Å². The van der Waals surface area contributed by atoms with Crippen LogP contribution in [0.5, 0.6) is 0 Å². The van der Waals surface area contributed by atoms with Crippen LogP contribution in [0, 0.1) is 6.92 Å². The predicted molar refractivity (Wildman–Crippen MR) is 86.4 cm³/mol. The maximum absolute atomic E-state index is 11.1. The van der Waals surface area contributed by atoms with Crippen LogP contribution in [-0.4, -0.2) is 11.1 Å². The SMILES string of the molecule is Cc1ccc(/C(=C\C(=O)O)c2ccc(C(C)C)cc2)cc1. The molecule has 0 aromatic heterocycles. The van der Waals surface area contributed by atoms with Crippen LogP contribution in [0.15, 0.2) is 54.6 Å². The number of aliphatic carboxylic acids is 1. The first kappa shape index (κ1) is 15.0. The van der Waals surface area contributed by atoms with E-state index in [1.54, 1.807) is 0 Å². The summed E-state index contributed by atoms with van der Waals surface area (Å²) < 4.78 is 0. The highest BCUT2D eigenvalue weighted by atomic mass is 16.4. The van der Waals surface area contributed by atoms with E-state index >= 15 is 0 Å². The molecule has 0 saturated heterocycles. The Balaban J connectivity index is 2.46. The molecule has 0 heterocycles. The fourth-order valence-electron chi connectivity index (χ4n) is 2.24. The molecule has 0 saturated carbocycles. The quantitative estimate of drug-likeness (QED) is 0.829. The summed E-state index contributed by atoms with van der Waals surface area (Å²) in [5, 5.41) is 9.13. The minimum Gasteiger partial charge on any atom is -0.478 e. The first-order valence-electron chi connectivity index (χ1n) is 7.09. The lowest BCUT2D eigenvalue weighted by molar-refractivity contribution is -0.131. The van der Waals surface area contributed by atoms with Crippen LogP contribution in [0.4, 0.5) is 0 Å². The van der Waals surface area contributed by atoms with Crippen molar-refractivity contribution in [2.24, 2.45) is 0 Å². The molecular weight excluding hydrogens is 260 g/mol. The summed E-state index contributed by atoms with van der Waals surface area (Å²) in [5.41, 5.74) is 4.98. The van der Waals surface area contributed by atoms with E-state index in [1.165, 1.54) is 11.6 Å². The summed E-state index contributed by atoms with van der Waals surface area (Å²) in [6.45, 7) is 6.30. The molecule has 2 heteroatoms. The second-order valence-corrected chi connectivity index (χ2v) is 5.54. The van der Waals surface area contributed by atoms with Crippen molar-refractivity contribution < 1.29 is 9.90 Å². The van der Waals surface area contributed by atoms with Gasteiger partial charge in [0.15, 0.2) is 0 Å². The lowest BCUT2D eigenvalue weighted by atomic mass is 9.94. The lowest BCUT2D eigenvalue weighted by Crippen LogP contribution is -1.96. The van der Waals surface area contributed by atoms with Crippen molar-refractivity contribution in [3.63, 3.8) is 0 Å². The van der Waals surface area contributed by atoms with Gasteiger partial charge in [-0.2, -0.15) is 0 Å². The van der Waals surface area contributed by atoms with Crippen LogP contribution in [0.1, 0.15) is 42.0 Å². The van der Waals surface area contributed by atoms with Gasteiger partial charge in [-0.25, -0.2) is 4.79 Å². The highest BCUT2D eigenvalue weighted by Gasteiger charge is 2.08. The monoisotopic (exact) mass is 280 g/mol. The Morgan fingerprint density at radius 3 is 1.86 bits per heavy atom. The highest BCUT2D eigenvalue weighted by Crippen LogP contribution is 2.25. The number of hydrogen-bond donors (Lipinski definition) is 1. The van der Waals surface area contributed by atoms with Crippen LogP contribution in [0.2, 0.25) is 0 Å². The van der Waals surface area contributed by atoms with E-state index in [4.69, 9.17) is 5.11 Å². The van der Waals surface area contributed by atoms with Gasteiger partial charge in [-0.05, 0) is 35.1 Å². The van der Waals surface area contributed by atoms with Crippen molar-refractivity contribution in [3.05, 3.63) is 76.9 Å². The molecule has 21 heavy (non-hydrogen) atoms. The minimum absolute atomic E-state index is 0.463. The lowest BCUT2D eigenvalue weighted by Gasteiger charge is -2.11. The molecule has 0 atom stereocenters. The van der Waals surface area contributed by atoms with E-state index < -0.39 is 5.97 Å². The summed E-state index contributed by atoms with van der Waals surface area (Å²) in [7, 11) is 0. The predicted octanol–water partition coefficient (Wildman–Crippen LogP) is 4.63. The molecule has 1 N–H and O–H groups in total. The number of carbonyl (C=O) groups is 1. The summed E-state index contributed by atoms with van der Waals surface area (Å²) in [4.78, 5) is 11.1. The maximum Gasteiger partial charge on any atom is 0.328 e. The molecule has 0 aliphatic carbocycles. The third kappa shape index (κ3) is 3.82. The standard InChI is InChI=1S/C19H20O2/c1-13(2)15-8-10-17(11-9-15)18(12-19(20)21)16-6-4-14(3)5-7-16/h4-13H,1-3H3,(H,20,21)/b18-12+. The second-order valence-electron chi connectivity index (χ2n) is 5.54. The molecule has 0 aliphatic rings. The molecule has 0 amide bonds. The van der Waals surface area contributed by atoms with Gasteiger partial charge in [0.05, 0.1) is 0 Å². The zero-order chi connectivity index (χ0) is 15.4. The molecule has 0 fully saturated rings. The van der Waals surface area contributed by atoms with Gasteiger partial charge in [0, 0.05) is 6.08 Å². The van der Waals surface area contributed by atoms with Crippen LogP contribution in [0.3, 0.4) is 0 Å². The summed E-state index contributed by atoms with van der Waals surface area (Å²) >= 11 is 0. The van der Waals surface area contributed by atoms with Crippen molar-refractivity contribution in [1.29, 1.82) is 0 Å². The minimum atomic E-state index is -0.932. The van der Waals surface area contributed by atoms with Crippen molar-refractivity contribution >= 4 is 11.5 Å². The van der Waals surface area contributed by atoms with Gasteiger partial charge in [0.2, 0.25) is 0 Å². The smallest absolute Gasteiger partial charge is 0.328 e. The van der Waals surface area contributed by atoms with E-state index in [0.29, 0.717) is 5.92 Å². The Bertz CT molecular complexity index is 647. The van der Waals surface area contributed by atoms with Gasteiger partial charge in [-0.15, -0.1) is 0 Å². The number of aryl methyl sites for hydroxylation is 1. The highest BCUT2D eigenvalue weighted by molar-refractivity contribution is 5.95. The Morgan fingerprint density at radius 1 is 0.952 bits per heavy atom. The largest absolute Gasteiger partial charge is 0.478 e. The fourth-order valence-corrected chi connectivity index (χ4v) is 2.24. The molecule has 0 spiro atoms. The average molecular weight is 280 g/mol. The van der Waals surface area contributed by atoms with E-state index in [-0.39, 0.29) is 0 Å². The first-order valence-corrected chi connectivity index (χ1v) is 7.09. The number of hydrogen-bond acceptors (Lipinski definition) is 1. The van der Waals surface area contributed by atoms with Gasteiger partial charge < -0.3 is 5.11 Å². The Morgan fingerprint density at radius 2 is 1.43 bits per heavy atom. The van der Waals surface area contributed by atoms with Crippen LogP contribution in [-0.2, 0) is 4.79 Å².